The monoisotopic (exact) mass is 399 g/mol. The molecule has 9 heteroatoms. The normalized spacial score (nSPS) is 11.5. The molecule has 0 saturated carbocycles. The van der Waals surface area contributed by atoms with Gasteiger partial charge in [-0.05, 0) is 31.2 Å². The SMILES string of the molecule is Cc1nc(-c2ccc(NS(=O)(=O)c3ccc(Cl)nc3Cl)cc2)cs1. The molecule has 0 atom stereocenters. The molecule has 0 radical (unpaired) electrons. The number of sulfonamides is 1. The van der Waals surface area contributed by atoms with Gasteiger partial charge in [0.2, 0.25) is 0 Å². The Morgan fingerprint density at radius 3 is 2.33 bits per heavy atom. The maximum absolute atomic E-state index is 12.4. The zero-order valence-corrected chi connectivity index (χ0v) is 15.5. The zero-order valence-electron chi connectivity index (χ0n) is 12.3. The first-order valence-corrected chi connectivity index (χ1v) is 9.84. The van der Waals surface area contributed by atoms with Crippen LogP contribution >= 0.6 is 34.5 Å². The number of hydrogen-bond donors (Lipinski definition) is 1. The molecule has 24 heavy (non-hydrogen) atoms. The van der Waals surface area contributed by atoms with E-state index in [1.54, 1.807) is 35.6 Å². The van der Waals surface area contributed by atoms with Crippen molar-refractivity contribution in [3.8, 4) is 11.3 Å². The second-order valence-corrected chi connectivity index (χ2v) is 8.32. The summed E-state index contributed by atoms with van der Waals surface area (Å²) >= 11 is 13.1. The Balaban J connectivity index is 1.85. The number of nitrogens with one attached hydrogen (secondary N) is 1. The number of benzene rings is 1. The Morgan fingerprint density at radius 1 is 1.04 bits per heavy atom. The molecule has 0 aliphatic carbocycles. The third-order valence-corrected chi connectivity index (χ3v) is 5.92. The van der Waals surface area contributed by atoms with Crippen molar-refractivity contribution in [3.63, 3.8) is 0 Å². The molecule has 0 bridgehead atoms. The summed E-state index contributed by atoms with van der Waals surface area (Å²) < 4.78 is 27.3. The second kappa shape index (κ2) is 6.68. The van der Waals surface area contributed by atoms with Gasteiger partial charge in [0.05, 0.1) is 10.7 Å². The molecule has 0 spiro atoms. The van der Waals surface area contributed by atoms with Crippen molar-refractivity contribution in [2.24, 2.45) is 0 Å². The Bertz CT molecular complexity index is 986. The van der Waals surface area contributed by atoms with Crippen molar-refractivity contribution >= 4 is 50.2 Å². The highest BCUT2D eigenvalue weighted by Gasteiger charge is 2.19. The van der Waals surface area contributed by atoms with Crippen molar-refractivity contribution in [1.82, 2.24) is 9.97 Å². The van der Waals surface area contributed by atoms with Crippen molar-refractivity contribution < 1.29 is 8.42 Å². The average molecular weight is 400 g/mol. The number of thiazole rings is 1. The first-order valence-electron chi connectivity index (χ1n) is 6.72. The molecular formula is C15H11Cl2N3O2S2. The Kier molecular flexibility index (Phi) is 4.78. The molecule has 1 aromatic carbocycles. The minimum atomic E-state index is -3.85. The Morgan fingerprint density at radius 2 is 1.75 bits per heavy atom. The lowest BCUT2D eigenvalue weighted by atomic mass is 10.1. The Hall–Kier alpha value is -1.67. The summed E-state index contributed by atoms with van der Waals surface area (Å²) in [5, 5.41) is 2.87. The van der Waals surface area contributed by atoms with Crippen LogP contribution in [0.25, 0.3) is 11.3 Å². The zero-order chi connectivity index (χ0) is 17.3. The van der Waals surface area contributed by atoms with Gasteiger partial charge in [-0.25, -0.2) is 18.4 Å². The second-order valence-electron chi connectivity index (χ2n) is 4.86. The van der Waals surface area contributed by atoms with E-state index in [0.717, 1.165) is 16.3 Å². The summed E-state index contributed by atoms with van der Waals surface area (Å²) in [6.45, 7) is 1.93. The molecule has 0 unspecified atom stereocenters. The minimum absolute atomic E-state index is 0.127. The quantitative estimate of drug-likeness (QED) is 0.649. The topological polar surface area (TPSA) is 72.0 Å². The van der Waals surface area contributed by atoms with Crippen LogP contribution in [0.5, 0.6) is 0 Å². The van der Waals surface area contributed by atoms with Gasteiger partial charge >= 0.3 is 0 Å². The smallest absolute Gasteiger partial charge is 0.264 e. The van der Waals surface area contributed by atoms with Crippen LogP contribution in [0.3, 0.4) is 0 Å². The molecule has 0 saturated heterocycles. The minimum Gasteiger partial charge on any atom is -0.280 e. The predicted molar refractivity (Wildman–Crippen MR) is 97.4 cm³/mol. The summed E-state index contributed by atoms with van der Waals surface area (Å²) in [6, 6.07) is 9.61. The van der Waals surface area contributed by atoms with Crippen molar-refractivity contribution in [3.05, 3.63) is 57.1 Å². The molecule has 0 fully saturated rings. The summed E-state index contributed by atoms with van der Waals surface area (Å²) in [4.78, 5) is 8.00. The molecule has 0 aliphatic heterocycles. The molecule has 1 N–H and O–H groups in total. The van der Waals surface area contributed by atoms with E-state index in [0.29, 0.717) is 5.69 Å². The molecule has 2 aromatic heterocycles. The molecule has 3 aromatic rings. The van der Waals surface area contributed by atoms with Gasteiger partial charge in [-0.15, -0.1) is 11.3 Å². The number of hydrogen-bond acceptors (Lipinski definition) is 5. The highest BCUT2D eigenvalue weighted by molar-refractivity contribution is 7.92. The number of aryl methyl sites for hydroxylation is 1. The molecule has 3 rings (SSSR count). The van der Waals surface area contributed by atoms with Gasteiger partial charge in [-0.1, -0.05) is 35.3 Å². The molecule has 2 heterocycles. The number of rotatable bonds is 4. The van der Waals surface area contributed by atoms with Gasteiger partial charge in [0.15, 0.2) is 5.15 Å². The third-order valence-electron chi connectivity index (χ3n) is 3.12. The van der Waals surface area contributed by atoms with Crippen LogP contribution in [0.4, 0.5) is 5.69 Å². The van der Waals surface area contributed by atoms with Crippen LogP contribution in [-0.2, 0) is 10.0 Å². The van der Waals surface area contributed by atoms with Gasteiger partial charge < -0.3 is 0 Å². The summed E-state index contributed by atoms with van der Waals surface area (Å²) in [6.07, 6.45) is 0. The largest absolute Gasteiger partial charge is 0.280 e. The van der Waals surface area contributed by atoms with Crippen LogP contribution < -0.4 is 4.72 Å². The Labute approximate surface area is 153 Å². The lowest BCUT2D eigenvalue weighted by Gasteiger charge is -2.09. The van der Waals surface area contributed by atoms with Crippen molar-refractivity contribution in [2.75, 3.05) is 4.72 Å². The van der Waals surface area contributed by atoms with E-state index >= 15 is 0 Å². The van der Waals surface area contributed by atoms with Crippen LogP contribution in [0.2, 0.25) is 10.3 Å². The fraction of sp³-hybridized carbons (Fsp3) is 0.0667. The van der Waals surface area contributed by atoms with Gasteiger partial charge in [0.1, 0.15) is 10.0 Å². The molecular weight excluding hydrogens is 389 g/mol. The molecule has 0 aliphatic rings. The first kappa shape index (κ1) is 17.2. The van der Waals surface area contributed by atoms with E-state index in [1.807, 2.05) is 12.3 Å². The molecule has 0 amide bonds. The number of nitrogens with zero attached hydrogens (tertiary/aromatic N) is 2. The van der Waals surface area contributed by atoms with Crippen LogP contribution in [0, 0.1) is 6.92 Å². The first-order chi connectivity index (χ1) is 11.3. The fourth-order valence-electron chi connectivity index (χ4n) is 2.01. The summed E-state index contributed by atoms with van der Waals surface area (Å²) in [5.74, 6) is 0. The third kappa shape index (κ3) is 3.70. The van der Waals surface area contributed by atoms with Crippen molar-refractivity contribution in [2.45, 2.75) is 11.8 Å². The van der Waals surface area contributed by atoms with E-state index in [9.17, 15) is 8.42 Å². The van der Waals surface area contributed by atoms with Crippen LogP contribution in [0.1, 0.15) is 5.01 Å². The maximum Gasteiger partial charge on any atom is 0.264 e. The van der Waals surface area contributed by atoms with Crippen molar-refractivity contribution in [1.29, 1.82) is 0 Å². The van der Waals surface area contributed by atoms with E-state index in [2.05, 4.69) is 14.7 Å². The summed E-state index contributed by atoms with van der Waals surface area (Å²) in [5.41, 5.74) is 2.18. The van der Waals surface area contributed by atoms with E-state index in [1.165, 1.54) is 12.1 Å². The highest BCUT2D eigenvalue weighted by Crippen LogP contribution is 2.26. The standard InChI is InChI=1S/C15H11Cl2N3O2S2/c1-9-18-12(8-23-9)10-2-4-11(5-3-10)20-24(21,22)13-6-7-14(16)19-15(13)17/h2-8,20H,1H3. The number of aromatic nitrogens is 2. The van der Waals surface area contributed by atoms with Crippen LogP contribution in [-0.4, -0.2) is 18.4 Å². The molecule has 5 nitrogen and oxygen atoms in total. The van der Waals surface area contributed by atoms with Gasteiger partial charge in [0.25, 0.3) is 10.0 Å². The van der Waals surface area contributed by atoms with Gasteiger partial charge in [-0.3, -0.25) is 4.72 Å². The maximum atomic E-state index is 12.4. The predicted octanol–water partition coefficient (Wildman–Crippen LogP) is 4.62. The highest BCUT2D eigenvalue weighted by atomic mass is 35.5. The number of pyridine rings is 1. The van der Waals surface area contributed by atoms with E-state index < -0.39 is 10.0 Å². The molecule has 124 valence electrons. The van der Waals surface area contributed by atoms with Gasteiger partial charge in [-0.2, -0.15) is 0 Å². The fourth-order valence-corrected chi connectivity index (χ4v) is 4.36. The van der Waals surface area contributed by atoms with Crippen LogP contribution in [0.15, 0.2) is 46.7 Å². The number of anilines is 1. The summed E-state index contributed by atoms with van der Waals surface area (Å²) in [7, 11) is -3.85. The van der Waals surface area contributed by atoms with E-state index in [-0.39, 0.29) is 15.2 Å². The van der Waals surface area contributed by atoms with E-state index in [4.69, 9.17) is 23.2 Å². The van der Waals surface area contributed by atoms with Gasteiger partial charge in [0, 0.05) is 16.6 Å². The lowest BCUT2D eigenvalue weighted by molar-refractivity contribution is 0.601. The average Bonchev–Trinajstić information content (AvgIpc) is 2.93. The lowest BCUT2D eigenvalue weighted by Crippen LogP contribution is -2.13. The number of halogens is 2.